The van der Waals surface area contributed by atoms with Crippen molar-refractivity contribution in [2.75, 3.05) is 37.8 Å². The largest absolute Gasteiger partial charge is 0.381 e. The second kappa shape index (κ2) is 8.02. The van der Waals surface area contributed by atoms with Crippen LogP contribution in [0.15, 0.2) is 24.4 Å². The van der Waals surface area contributed by atoms with Crippen LogP contribution in [0.25, 0.3) is 22.4 Å². The van der Waals surface area contributed by atoms with Crippen LogP contribution in [-0.2, 0) is 9.47 Å². The van der Waals surface area contributed by atoms with Gasteiger partial charge in [0.1, 0.15) is 17.0 Å². The number of hydrogen-bond acceptors (Lipinski definition) is 7. The predicted molar refractivity (Wildman–Crippen MR) is 111 cm³/mol. The van der Waals surface area contributed by atoms with Gasteiger partial charge in [0.15, 0.2) is 5.65 Å². The fourth-order valence-corrected chi connectivity index (χ4v) is 4.14. The minimum Gasteiger partial charge on any atom is -0.381 e. The van der Waals surface area contributed by atoms with Gasteiger partial charge in [-0.15, -0.1) is 0 Å². The van der Waals surface area contributed by atoms with Gasteiger partial charge >= 0.3 is 0 Å². The van der Waals surface area contributed by atoms with E-state index in [4.69, 9.17) is 26.1 Å². The molecule has 0 amide bonds. The number of benzene rings is 1. The topological polar surface area (TPSA) is 73.3 Å². The summed E-state index contributed by atoms with van der Waals surface area (Å²) in [5.41, 5.74) is 2.36. The lowest BCUT2D eigenvalue weighted by Crippen LogP contribution is -2.46. The first kappa shape index (κ1) is 19.5. The highest BCUT2D eigenvalue weighted by Crippen LogP contribution is 2.31. The number of aryl methyl sites for hydroxylation is 1. The van der Waals surface area contributed by atoms with Crippen molar-refractivity contribution in [3.63, 3.8) is 0 Å². The van der Waals surface area contributed by atoms with Crippen molar-refractivity contribution in [1.82, 2.24) is 19.9 Å². The van der Waals surface area contributed by atoms with Gasteiger partial charge in [-0.05, 0) is 31.5 Å². The summed E-state index contributed by atoms with van der Waals surface area (Å²) in [4.78, 5) is 20.4. The van der Waals surface area contributed by atoms with E-state index in [2.05, 4.69) is 19.9 Å². The molecule has 0 aliphatic carbocycles. The van der Waals surface area contributed by atoms with Crippen LogP contribution in [0.3, 0.4) is 0 Å². The van der Waals surface area contributed by atoms with E-state index >= 15 is 0 Å². The number of aromatic nitrogens is 4. The summed E-state index contributed by atoms with van der Waals surface area (Å²) < 4.78 is 26.3. The third-order valence-corrected chi connectivity index (χ3v) is 5.80. The standard InChI is InChI=1S/C21H21ClFN5O2/c1-12-9-24-19-18(15-3-2-14(22)8-16(15)23)26-21(27-20(19)25-12)28-5-7-30-17(10-28)13-4-6-29-11-13/h2-3,8-9,13,17H,4-7,10-11H2,1H3. The summed E-state index contributed by atoms with van der Waals surface area (Å²) in [5, 5.41) is 0.326. The zero-order valence-corrected chi connectivity index (χ0v) is 17.3. The van der Waals surface area contributed by atoms with E-state index in [-0.39, 0.29) is 6.10 Å². The van der Waals surface area contributed by atoms with Gasteiger partial charge in [0.2, 0.25) is 5.95 Å². The zero-order chi connectivity index (χ0) is 20.7. The molecule has 2 fully saturated rings. The van der Waals surface area contributed by atoms with Gasteiger partial charge in [0, 0.05) is 42.4 Å². The highest BCUT2D eigenvalue weighted by atomic mass is 35.5. The Kier molecular flexibility index (Phi) is 5.22. The van der Waals surface area contributed by atoms with E-state index in [0.717, 1.165) is 18.7 Å². The van der Waals surface area contributed by atoms with Gasteiger partial charge in [-0.25, -0.2) is 19.3 Å². The third-order valence-electron chi connectivity index (χ3n) is 5.57. The number of morpholine rings is 1. The Labute approximate surface area is 178 Å². The van der Waals surface area contributed by atoms with Crippen molar-refractivity contribution in [3.8, 4) is 11.3 Å². The van der Waals surface area contributed by atoms with Crippen LogP contribution in [0.5, 0.6) is 0 Å². The lowest BCUT2D eigenvalue weighted by Gasteiger charge is -2.35. The van der Waals surface area contributed by atoms with Crippen LogP contribution in [-0.4, -0.2) is 59.0 Å². The molecule has 0 radical (unpaired) electrons. The maximum absolute atomic E-state index is 14.7. The molecular formula is C21H21ClFN5O2. The summed E-state index contributed by atoms with van der Waals surface area (Å²) in [6.07, 6.45) is 2.68. The van der Waals surface area contributed by atoms with Gasteiger partial charge in [-0.1, -0.05) is 11.6 Å². The number of hydrogen-bond donors (Lipinski definition) is 0. The molecule has 5 rings (SSSR count). The van der Waals surface area contributed by atoms with Crippen molar-refractivity contribution in [2.24, 2.45) is 5.92 Å². The Morgan fingerprint density at radius 3 is 2.90 bits per heavy atom. The maximum atomic E-state index is 14.7. The Morgan fingerprint density at radius 2 is 2.10 bits per heavy atom. The van der Waals surface area contributed by atoms with Gasteiger partial charge in [0.05, 0.1) is 25.0 Å². The number of anilines is 1. The van der Waals surface area contributed by atoms with Crippen molar-refractivity contribution >= 4 is 28.7 Å². The molecule has 0 spiro atoms. The molecule has 156 valence electrons. The summed E-state index contributed by atoms with van der Waals surface area (Å²) in [7, 11) is 0. The highest BCUT2D eigenvalue weighted by molar-refractivity contribution is 6.30. The fourth-order valence-electron chi connectivity index (χ4n) is 3.98. The number of fused-ring (bicyclic) bond motifs is 1. The van der Waals surface area contributed by atoms with Crippen LogP contribution in [0.1, 0.15) is 12.1 Å². The van der Waals surface area contributed by atoms with Crippen LogP contribution in [0.2, 0.25) is 5.02 Å². The minimum absolute atomic E-state index is 0.0554. The average Bonchev–Trinajstić information content (AvgIpc) is 3.28. The SMILES string of the molecule is Cc1cnc2c(-c3ccc(Cl)cc3F)nc(N3CCOC(C4CCOC4)C3)nc2n1. The molecular weight excluding hydrogens is 409 g/mol. The van der Waals surface area contributed by atoms with E-state index in [1.807, 2.05) is 6.92 Å². The molecule has 7 nitrogen and oxygen atoms in total. The smallest absolute Gasteiger partial charge is 0.228 e. The number of rotatable bonds is 3. The molecule has 30 heavy (non-hydrogen) atoms. The van der Waals surface area contributed by atoms with Crippen molar-refractivity contribution in [3.05, 3.63) is 40.9 Å². The fraction of sp³-hybridized carbons (Fsp3) is 0.429. The van der Waals surface area contributed by atoms with E-state index in [0.29, 0.717) is 65.6 Å². The molecule has 0 N–H and O–H groups in total. The van der Waals surface area contributed by atoms with Crippen molar-refractivity contribution in [2.45, 2.75) is 19.4 Å². The number of ether oxygens (including phenoxy) is 2. The lowest BCUT2D eigenvalue weighted by molar-refractivity contribution is -0.00167. The molecule has 0 saturated carbocycles. The van der Waals surface area contributed by atoms with E-state index in [1.165, 1.54) is 6.07 Å². The molecule has 4 heterocycles. The van der Waals surface area contributed by atoms with Crippen LogP contribution >= 0.6 is 11.6 Å². The number of halogens is 2. The molecule has 9 heteroatoms. The minimum atomic E-state index is -0.459. The van der Waals surface area contributed by atoms with Gasteiger partial charge in [0.25, 0.3) is 0 Å². The van der Waals surface area contributed by atoms with E-state index < -0.39 is 5.82 Å². The molecule has 2 aliphatic heterocycles. The first-order valence-electron chi connectivity index (χ1n) is 9.99. The molecule has 0 bridgehead atoms. The average molecular weight is 430 g/mol. The molecule has 2 unspecified atom stereocenters. The van der Waals surface area contributed by atoms with Crippen molar-refractivity contribution < 1.29 is 13.9 Å². The Morgan fingerprint density at radius 1 is 1.20 bits per heavy atom. The number of nitrogens with zero attached hydrogens (tertiary/aromatic N) is 5. The van der Waals surface area contributed by atoms with Gasteiger partial charge in [-0.2, -0.15) is 4.98 Å². The summed E-state index contributed by atoms with van der Waals surface area (Å²) in [6, 6.07) is 4.53. The second-order valence-corrected chi connectivity index (χ2v) is 8.10. The first-order chi connectivity index (χ1) is 14.6. The highest BCUT2D eigenvalue weighted by Gasteiger charge is 2.32. The molecule has 2 saturated heterocycles. The zero-order valence-electron chi connectivity index (χ0n) is 16.5. The quantitative estimate of drug-likeness (QED) is 0.631. The normalized spacial score (nSPS) is 22.0. The second-order valence-electron chi connectivity index (χ2n) is 7.66. The van der Waals surface area contributed by atoms with Crippen LogP contribution < -0.4 is 4.90 Å². The molecule has 2 aromatic heterocycles. The summed E-state index contributed by atoms with van der Waals surface area (Å²) >= 11 is 5.94. The van der Waals surface area contributed by atoms with E-state index in [9.17, 15) is 4.39 Å². The van der Waals surface area contributed by atoms with Crippen molar-refractivity contribution in [1.29, 1.82) is 0 Å². The van der Waals surface area contributed by atoms with E-state index in [1.54, 1.807) is 18.3 Å². The monoisotopic (exact) mass is 429 g/mol. The summed E-state index contributed by atoms with van der Waals surface area (Å²) in [5.74, 6) is 0.404. The molecule has 3 aromatic rings. The van der Waals surface area contributed by atoms with Gasteiger partial charge in [-0.3, -0.25) is 0 Å². The summed E-state index contributed by atoms with van der Waals surface area (Å²) in [6.45, 7) is 5.21. The predicted octanol–water partition coefficient (Wildman–Crippen LogP) is 3.43. The lowest BCUT2D eigenvalue weighted by atomic mass is 10.0. The Hall–Kier alpha value is -2.42. The molecule has 2 aliphatic rings. The van der Waals surface area contributed by atoms with Crippen LogP contribution in [0, 0.1) is 18.7 Å². The van der Waals surface area contributed by atoms with Gasteiger partial charge < -0.3 is 14.4 Å². The third kappa shape index (κ3) is 3.71. The van der Waals surface area contributed by atoms with Crippen LogP contribution in [0.4, 0.5) is 10.3 Å². The maximum Gasteiger partial charge on any atom is 0.228 e. The Balaban J connectivity index is 1.58. The molecule has 2 atom stereocenters. The molecule has 1 aromatic carbocycles. The first-order valence-corrected chi connectivity index (χ1v) is 10.4. The Bertz CT molecular complexity index is 1090.